The van der Waals surface area contributed by atoms with Gasteiger partial charge in [-0.05, 0) is 31.2 Å². The van der Waals surface area contributed by atoms with Crippen LogP contribution in [0.2, 0.25) is 0 Å². The molecule has 0 saturated carbocycles. The summed E-state index contributed by atoms with van der Waals surface area (Å²) in [5.74, 6) is -3.08. The number of aromatic carboxylic acids is 1. The van der Waals surface area contributed by atoms with Crippen LogP contribution in [0.25, 0.3) is 11.4 Å². The zero-order chi connectivity index (χ0) is 21.2. The number of anilines is 1. The van der Waals surface area contributed by atoms with Crippen molar-refractivity contribution < 1.29 is 24.2 Å². The van der Waals surface area contributed by atoms with Gasteiger partial charge >= 0.3 is 17.8 Å². The van der Waals surface area contributed by atoms with Gasteiger partial charge in [0, 0.05) is 29.8 Å². The highest BCUT2D eigenvalue weighted by Crippen LogP contribution is 2.17. The first-order valence-corrected chi connectivity index (χ1v) is 8.26. The van der Waals surface area contributed by atoms with Gasteiger partial charge in [-0.1, -0.05) is 0 Å². The fraction of sp³-hybridized carbons (Fsp3) is 0.111. The third-order valence-electron chi connectivity index (χ3n) is 3.31. The molecule has 11 heteroatoms. The number of amides is 1. The molecule has 1 amide bonds. The minimum atomic E-state index is -1.37. The van der Waals surface area contributed by atoms with Crippen molar-refractivity contribution in [3.63, 3.8) is 0 Å². The maximum atomic E-state index is 11.6. The molecule has 0 fully saturated rings. The fourth-order valence-corrected chi connectivity index (χ4v) is 2.00. The summed E-state index contributed by atoms with van der Waals surface area (Å²) in [6.45, 7) is 1.68. The Labute approximate surface area is 163 Å². The Kier molecular flexibility index (Phi) is 7.36. The molecule has 29 heavy (non-hydrogen) atoms. The van der Waals surface area contributed by atoms with Crippen LogP contribution < -0.4 is 10.9 Å². The van der Waals surface area contributed by atoms with E-state index in [1.807, 2.05) is 0 Å². The molecule has 0 saturated heterocycles. The predicted molar refractivity (Wildman–Crippen MR) is 101 cm³/mol. The SMILES string of the molecule is CCOC(=O)C(=O)Nc1ccc(-c2ncc(C(=O)O)c(=O)[nH]2)cc1.c1c[nH]cn1. The molecule has 0 aliphatic carbocycles. The number of nitrogens with zero attached hydrogens (tertiary/aromatic N) is 2. The van der Waals surface area contributed by atoms with Gasteiger partial charge in [0.1, 0.15) is 11.4 Å². The number of carboxylic acid groups (broad SMARTS) is 1. The highest BCUT2D eigenvalue weighted by Gasteiger charge is 2.15. The van der Waals surface area contributed by atoms with Crippen LogP contribution in [0.15, 0.2) is 54.0 Å². The van der Waals surface area contributed by atoms with E-state index in [-0.39, 0.29) is 12.4 Å². The van der Waals surface area contributed by atoms with E-state index in [1.54, 1.807) is 37.8 Å². The average Bonchev–Trinajstić information content (AvgIpc) is 3.28. The summed E-state index contributed by atoms with van der Waals surface area (Å²) in [5.41, 5.74) is -0.385. The van der Waals surface area contributed by atoms with Crippen LogP contribution in [0.5, 0.6) is 0 Å². The Morgan fingerprint density at radius 1 is 1.21 bits per heavy atom. The number of ether oxygens (including phenoxy) is 1. The molecule has 0 radical (unpaired) electrons. The summed E-state index contributed by atoms with van der Waals surface area (Å²) >= 11 is 0. The highest BCUT2D eigenvalue weighted by atomic mass is 16.5. The van der Waals surface area contributed by atoms with E-state index in [2.05, 4.69) is 30.0 Å². The molecule has 0 spiro atoms. The standard InChI is InChI=1S/C15H13N3O6.C3H4N2/c1-2-24-15(23)13(20)17-9-5-3-8(4-6-9)11-16-7-10(14(21)22)12(19)18-11;1-2-5-3-4-1/h3-7H,2H2,1H3,(H,17,20)(H,21,22)(H,16,18,19);1-3H,(H,4,5). The second-order valence-corrected chi connectivity index (χ2v) is 5.29. The van der Waals surface area contributed by atoms with E-state index in [9.17, 15) is 19.2 Å². The fourth-order valence-electron chi connectivity index (χ4n) is 2.00. The number of rotatable bonds is 4. The molecular formula is C18H17N5O6. The van der Waals surface area contributed by atoms with Crippen LogP contribution in [0.3, 0.4) is 0 Å². The number of H-pyrrole nitrogens is 2. The topological polar surface area (TPSA) is 167 Å². The lowest BCUT2D eigenvalue weighted by atomic mass is 10.2. The maximum Gasteiger partial charge on any atom is 0.397 e. The summed E-state index contributed by atoms with van der Waals surface area (Å²) in [6, 6.07) is 6.08. The van der Waals surface area contributed by atoms with Crippen molar-refractivity contribution in [3.05, 3.63) is 65.1 Å². The van der Waals surface area contributed by atoms with Crippen molar-refractivity contribution in [2.75, 3.05) is 11.9 Å². The van der Waals surface area contributed by atoms with Crippen molar-refractivity contribution in [1.29, 1.82) is 0 Å². The van der Waals surface area contributed by atoms with Gasteiger partial charge in [-0.3, -0.25) is 9.59 Å². The number of aromatic nitrogens is 4. The van der Waals surface area contributed by atoms with E-state index < -0.39 is 29.0 Å². The maximum absolute atomic E-state index is 11.6. The van der Waals surface area contributed by atoms with Crippen LogP contribution >= 0.6 is 0 Å². The third kappa shape index (κ3) is 6.13. The molecule has 3 rings (SSSR count). The third-order valence-corrected chi connectivity index (χ3v) is 3.31. The molecule has 150 valence electrons. The molecule has 11 nitrogen and oxygen atoms in total. The van der Waals surface area contributed by atoms with E-state index in [0.717, 1.165) is 6.20 Å². The molecule has 4 N–H and O–H groups in total. The predicted octanol–water partition coefficient (Wildman–Crippen LogP) is 1.05. The molecule has 2 heterocycles. The number of carbonyl (C=O) groups excluding carboxylic acids is 2. The summed E-state index contributed by atoms with van der Waals surface area (Å²) in [7, 11) is 0. The first kappa shape index (κ1) is 21.0. The van der Waals surface area contributed by atoms with Crippen molar-refractivity contribution in [2.24, 2.45) is 0 Å². The molecule has 0 unspecified atom stereocenters. The van der Waals surface area contributed by atoms with E-state index in [1.165, 1.54) is 12.1 Å². The largest absolute Gasteiger partial charge is 0.477 e. The van der Waals surface area contributed by atoms with Crippen molar-refractivity contribution in [1.82, 2.24) is 19.9 Å². The van der Waals surface area contributed by atoms with E-state index in [4.69, 9.17) is 5.11 Å². The molecule has 0 bridgehead atoms. The Hall–Kier alpha value is -4.28. The Balaban J connectivity index is 0.000000521. The number of nitrogens with one attached hydrogen (secondary N) is 3. The second-order valence-electron chi connectivity index (χ2n) is 5.29. The van der Waals surface area contributed by atoms with Crippen LogP contribution in [-0.4, -0.2) is 49.5 Å². The van der Waals surface area contributed by atoms with Gasteiger partial charge in [-0.25, -0.2) is 19.6 Å². The van der Waals surface area contributed by atoms with Gasteiger partial charge in [0.05, 0.1) is 12.9 Å². The van der Waals surface area contributed by atoms with Crippen LogP contribution in [0.1, 0.15) is 17.3 Å². The summed E-state index contributed by atoms with van der Waals surface area (Å²) < 4.78 is 4.56. The lowest BCUT2D eigenvalue weighted by Gasteiger charge is -2.06. The van der Waals surface area contributed by atoms with E-state index in [0.29, 0.717) is 11.3 Å². The highest BCUT2D eigenvalue weighted by molar-refractivity contribution is 6.37. The average molecular weight is 399 g/mol. The quantitative estimate of drug-likeness (QED) is 0.373. The van der Waals surface area contributed by atoms with Crippen LogP contribution in [0.4, 0.5) is 5.69 Å². The molecule has 0 aliphatic heterocycles. The number of imidazole rings is 1. The molecule has 0 aliphatic rings. The van der Waals surface area contributed by atoms with Gasteiger partial charge < -0.3 is 25.1 Å². The molecule has 2 aromatic heterocycles. The van der Waals surface area contributed by atoms with Crippen molar-refractivity contribution in [3.8, 4) is 11.4 Å². The van der Waals surface area contributed by atoms with Gasteiger partial charge in [-0.2, -0.15) is 0 Å². The normalized spacial score (nSPS) is 9.69. The van der Waals surface area contributed by atoms with E-state index >= 15 is 0 Å². The second kappa shape index (κ2) is 10.2. The smallest absolute Gasteiger partial charge is 0.397 e. The summed E-state index contributed by atoms with van der Waals surface area (Å²) in [5, 5.41) is 11.1. The molecule has 3 aromatic rings. The van der Waals surface area contributed by atoms with Crippen LogP contribution in [-0.2, 0) is 14.3 Å². The van der Waals surface area contributed by atoms with Crippen molar-refractivity contribution >= 4 is 23.5 Å². The monoisotopic (exact) mass is 399 g/mol. The Bertz CT molecular complexity index is 1010. The van der Waals surface area contributed by atoms with Gasteiger partial charge in [-0.15, -0.1) is 0 Å². The zero-order valence-corrected chi connectivity index (χ0v) is 15.2. The summed E-state index contributed by atoms with van der Waals surface area (Å²) in [4.78, 5) is 57.8. The van der Waals surface area contributed by atoms with Gasteiger partial charge in [0.2, 0.25) is 0 Å². The number of aromatic amines is 2. The lowest BCUT2D eigenvalue weighted by molar-refractivity contribution is -0.152. The van der Waals surface area contributed by atoms with Gasteiger partial charge in [0.15, 0.2) is 0 Å². The number of benzene rings is 1. The number of esters is 1. The molecular weight excluding hydrogens is 382 g/mol. The first-order chi connectivity index (χ1) is 13.9. The number of carboxylic acids is 1. The Morgan fingerprint density at radius 2 is 1.93 bits per heavy atom. The molecule has 0 atom stereocenters. The van der Waals surface area contributed by atoms with Crippen molar-refractivity contribution in [2.45, 2.75) is 6.92 Å². The Morgan fingerprint density at radius 3 is 2.41 bits per heavy atom. The number of hydrogen-bond acceptors (Lipinski definition) is 7. The first-order valence-electron chi connectivity index (χ1n) is 8.26. The van der Waals surface area contributed by atoms with Crippen LogP contribution in [0, 0.1) is 0 Å². The minimum Gasteiger partial charge on any atom is -0.477 e. The molecule has 1 aromatic carbocycles. The number of carbonyl (C=O) groups is 3. The minimum absolute atomic E-state index is 0.0938. The summed E-state index contributed by atoms with van der Waals surface area (Å²) in [6.07, 6.45) is 6.05. The lowest BCUT2D eigenvalue weighted by Crippen LogP contribution is -2.24. The number of hydrogen-bond donors (Lipinski definition) is 4. The zero-order valence-electron chi connectivity index (χ0n) is 15.2. The van der Waals surface area contributed by atoms with Gasteiger partial charge in [0.25, 0.3) is 5.56 Å².